The molecule has 0 unspecified atom stereocenters. The number of nitrogens with zero attached hydrogens (tertiary/aromatic N) is 2. The molecule has 1 aliphatic rings. The van der Waals surface area contributed by atoms with Crippen LogP contribution in [0.5, 0.6) is 0 Å². The highest BCUT2D eigenvalue weighted by atomic mass is 32.2. The van der Waals surface area contributed by atoms with E-state index in [1.165, 1.54) is 12.1 Å². The third-order valence-corrected chi connectivity index (χ3v) is 5.56. The average molecular weight is 414 g/mol. The van der Waals surface area contributed by atoms with Gasteiger partial charge in [-0.2, -0.15) is 0 Å². The zero-order chi connectivity index (χ0) is 20.7. The minimum atomic E-state index is -3.51. The quantitative estimate of drug-likeness (QED) is 0.567. The van der Waals surface area contributed by atoms with E-state index in [1.54, 1.807) is 6.07 Å². The number of carbonyl (C=O) groups is 1. The summed E-state index contributed by atoms with van der Waals surface area (Å²) in [5, 5.41) is 9.20. The summed E-state index contributed by atoms with van der Waals surface area (Å²) in [6.45, 7) is 6.06. The summed E-state index contributed by atoms with van der Waals surface area (Å²) in [7, 11) is -1.38. The predicted octanol–water partition coefficient (Wildman–Crippen LogP) is 2.08. The smallest absolute Gasteiger partial charge is 0.335 e. The van der Waals surface area contributed by atoms with Crippen molar-refractivity contribution in [2.24, 2.45) is 0 Å². The standard InChI is InChI=1S/C19H31N3O5S/c1-4-27-13-5-10-21(2)16-8-11-22(12-9-16)18-7-6-15(19(23)24)14-17(18)20-28(3,25)26/h6-7,14,16,20H,4-5,8-13H2,1-3H3,(H,23,24). The Morgan fingerprint density at radius 2 is 2.04 bits per heavy atom. The van der Waals surface area contributed by atoms with Crippen LogP contribution in [-0.2, 0) is 14.8 Å². The van der Waals surface area contributed by atoms with Gasteiger partial charge in [-0.25, -0.2) is 13.2 Å². The summed E-state index contributed by atoms with van der Waals surface area (Å²) >= 11 is 0. The number of hydrogen-bond donors (Lipinski definition) is 2. The van der Waals surface area contributed by atoms with Gasteiger partial charge in [0.2, 0.25) is 10.0 Å². The lowest BCUT2D eigenvalue weighted by molar-refractivity contribution is 0.0697. The van der Waals surface area contributed by atoms with E-state index in [0.717, 1.165) is 58.4 Å². The van der Waals surface area contributed by atoms with Crippen molar-refractivity contribution in [3.63, 3.8) is 0 Å². The van der Waals surface area contributed by atoms with Crippen LogP contribution in [0.1, 0.15) is 36.5 Å². The van der Waals surface area contributed by atoms with Crippen LogP contribution in [-0.4, -0.2) is 76.6 Å². The average Bonchev–Trinajstić information content (AvgIpc) is 2.64. The largest absolute Gasteiger partial charge is 0.478 e. The van der Waals surface area contributed by atoms with Crippen molar-refractivity contribution in [1.82, 2.24) is 4.90 Å². The van der Waals surface area contributed by atoms with E-state index in [1.807, 2.05) is 6.92 Å². The van der Waals surface area contributed by atoms with Gasteiger partial charge in [0, 0.05) is 38.9 Å². The van der Waals surface area contributed by atoms with E-state index in [0.29, 0.717) is 17.4 Å². The Labute approximate surface area is 167 Å². The molecule has 158 valence electrons. The third kappa shape index (κ3) is 6.65. The molecule has 0 aromatic heterocycles. The molecule has 1 aromatic rings. The van der Waals surface area contributed by atoms with E-state index >= 15 is 0 Å². The van der Waals surface area contributed by atoms with Gasteiger partial charge in [-0.3, -0.25) is 4.72 Å². The maximum Gasteiger partial charge on any atom is 0.335 e. The highest BCUT2D eigenvalue weighted by Gasteiger charge is 2.24. The summed E-state index contributed by atoms with van der Waals surface area (Å²) in [5.74, 6) is -1.09. The van der Waals surface area contributed by atoms with Crippen LogP contribution in [0.4, 0.5) is 11.4 Å². The van der Waals surface area contributed by atoms with Gasteiger partial charge in [-0.05, 0) is 51.4 Å². The van der Waals surface area contributed by atoms with Crippen molar-refractivity contribution in [2.45, 2.75) is 32.2 Å². The Balaban J connectivity index is 2.03. The Morgan fingerprint density at radius 3 is 2.61 bits per heavy atom. The number of anilines is 2. The van der Waals surface area contributed by atoms with Crippen molar-refractivity contribution >= 4 is 27.4 Å². The molecular formula is C19H31N3O5S. The number of nitrogens with one attached hydrogen (secondary N) is 1. The summed E-state index contributed by atoms with van der Waals surface area (Å²) in [6.07, 6.45) is 3.99. The SMILES string of the molecule is CCOCCCN(C)C1CCN(c2ccc(C(=O)O)cc2NS(C)(=O)=O)CC1. The second-order valence-electron chi connectivity index (χ2n) is 7.16. The zero-order valence-corrected chi connectivity index (χ0v) is 17.7. The van der Waals surface area contributed by atoms with Crippen molar-refractivity contribution in [1.29, 1.82) is 0 Å². The number of ether oxygens (including phenoxy) is 1. The van der Waals surface area contributed by atoms with Gasteiger partial charge in [-0.1, -0.05) is 0 Å². The first-order valence-corrected chi connectivity index (χ1v) is 11.5. The number of aromatic carboxylic acids is 1. The molecular weight excluding hydrogens is 382 g/mol. The molecule has 0 radical (unpaired) electrons. The van der Waals surface area contributed by atoms with E-state index < -0.39 is 16.0 Å². The number of sulfonamides is 1. The van der Waals surface area contributed by atoms with Crippen molar-refractivity contribution in [2.75, 3.05) is 55.8 Å². The van der Waals surface area contributed by atoms with E-state index in [4.69, 9.17) is 4.74 Å². The molecule has 1 heterocycles. The molecule has 2 rings (SSSR count). The fourth-order valence-corrected chi connectivity index (χ4v) is 4.08. The minimum Gasteiger partial charge on any atom is -0.478 e. The first-order chi connectivity index (χ1) is 13.2. The van der Waals surface area contributed by atoms with Gasteiger partial charge in [0.15, 0.2) is 0 Å². The van der Waals surface area contributed by atoms with Crippen LogP contribution in [0.15, 0.2) is 18.2 Å². The summed E-state index contributed by atoms with van der Waals surface area (Å²) in [5.41, 5.74) is 1.08. The van der Waals surface area contributed by atoms with Gasteiger partial charge in [0.25, 0.3) is 0 Å². The van der Waals surface area contributed by atoms with Crippen LogP contribution in [0.2, 0.25) is 0 Å². The zero-order valence-electron chi connectivity index (χ0n) is 16.8. The van der Waals surface area contributed by atoms with Crippen LogP contribution in [0.3, 0.4) is 0 Å². The van der Waals surface area contributed by atoms with E-state index in [-0.39, 0.29) is 5.56 Å². The maximum atomic E-state index is 11.7. The Bertz CT molecular complexity index is 761. The molecule has 1 fully saturated rings. The monoisotopic (exact) mass is 413 g/mol. The fourth-order valence-electron chi connectivity index (χ4n) is 3.52. The summed E-state index contributed by atoms with van der Waals surface area (Å²) in [6, 6.07) is 5.05. The van der Waals surface area contributed by atoms with Crippen molar-refractivity contribution in [3.05, 3.63) is 23.8 Å². The second kappa shape index (κ2) is 10.1. The topological polar surface area (TPSA) is 99.2 Å². The maximum absolute atomic E-state index is 11.7. The summed E-state index contributed by atoms with van der Waals surface area (Å²) in [4.78, 5) is 15.7. The van der Waals surface area contributed by atoms with E-state index in [2.05, 4.69) is 21.6 Å². The first-order valence-electron chi connectivity index (χ1n) is 9.59. The van der Waals surface area contributed by atoms with Crippen LogP contribution < -0.4 is 9.62 Å². The van der Waals surface area contributed by atoms with Gasteiger partial charge in [0.1, 0.15) is 0 Å². The molecule has 0 amide bonds. The van der Waals surface area contributed by atoms with Crippen molar-refractivity contribution < 1.29 is 23.1 Å². The van der Waals surface area contributed by atoms with Gasteiger partial charge < -0.3 is 19.6 Å². The van der Waals surface area contributed by atoms with Crippen LogP contribution >= 0.6 is 0 Å². The molecule has 0 bridgehead atoms. The van der Waals surface area contributed by atoms with Crippen LogP contribution in [0, 0.1) is 0 Å². The van der Waals surface area contributed by atoms with E-state index in [9.17, 15) is 18.3 Å². The van der Waals surface area contributed by atoms with Gasteiger partial charge in [0.05, 0.1) is 23.2 Å². The number of benzene rings is 1. The van der Waals surface area contributed by atoms with Crippen LogP contribution in [0.25, 0.3) is 0 Å². The molecule has 0 spiro atoms. The Morgan fingerprint density at radius 1 is 1.36 bits per heavy atom. The molecule has 9 heteroatoms. The molecule has 0 saturated carbocycles. The van der Waals surface area contributed by atoms with Gasteiger partial charge >= 0.3 is 5.97 Å². The molecule has 0 atom stereocenters. The van der Waals surface area contributed by atoms with Crippen molar-refractivity contribution in [3.8, 4) is 0 Å². The Hall–Kier alpha value is -1.84. The third-order valence-electron chi connectivity index (χ3n) is 4.97. The predicted molar refractivity (Wildman–Crippen MR) is 111 cm³/mol. The molecule has 1 aromatic carbocycles. The molecule has 28 heavy (non-hydrogen) atoms. The molecule has 1 saturated heterocycles. The lowest BCUT2D eigenvalue weighted by atomic mass is 10.0. The van der Waals surface area contributed by atoms with Gasteiger partial charge in [-0.15, -0.1) is 0 Å². The number of piperidine rings is 1. The molecule has 1 aliphatic heterocycles. The molecule has 0 aliphatic carbocycles. The highest BCUT2D eigenvalue weighted by molar-refractivity contribution is 7.92. The number of hydrogen-bond acceptors (Lipinski definition) is 6. The molecule has 8 nitrogen and oxygen atoms in total. The first kappa shape index (κ1) is 22.4. The summed E-state index contributed by atoms with van der Waals surface area (Å²) < 4.78 is 31.3. The lowest BCUT2D eigenvalue weighted by Gasteiger charge is -2.38. The number of carboxylic acids is 1. The Kier molecular flexibility index (Phi) is 8.09. The highest BCUT2D eigenvalue weighted by Crippen LogP contribution is 2.31. The lowest BCUT2D eigenvalue weighted by Crippen LogP contribution is -2.44. The number of rotatable bonds is 10. The minimum absolute atomic E-state index is 0.0545. The normalized spacial score (nSPS) is 15.8. The fraction of sp³-hybridized carbons (Fsp3) is 0.632. The second-order valence-corrected chi connectivity index (χ2v) is 8.91. The molecule has 2 N–H and O–H groups in total. The number of carboxylic acid groups (broad SMARTS) is 1.